The molecule has 1 heterocycles. The van der Waals surface area contributed by atoms with E-state index in [9.17, 15) is 9.59 Å². The summed E-state index contributed by atoms with van der Waals surface area (Å²) in [7, 11) is 0. The number of amides is 1. The van der Waals surface area contributed by atoms with E-state index in [4.69, 9.17) is 4.74 Å². The lowest BCUT2D eigenvalue weighted by Gasteiger charge is -2.37. The van der Waals surface area contributed by atoms with Gasteiger partial charge in [0.1, 0.15) is 12.0 Å². The molecule has 1 aliphatic heterocycles. The summed E-state index contributed by atoms with van der Waals surface area (Å²) in [6.45, 7) is 7.27. The fraction of sp³-hybridized carbons (Fsp3) is 0.875. The lowest BCUT2D eigenvalue weighted by molar-refractivity contribution is -0.164. The van der Waals surface area contributed by atoms with Crippen molar-refractivity contribution >= 4 is 11.9 Å². The van der Waals surface area contributed by atoms with Crippen LogP contribution >= 0.6 is 0 Å². The van der Waals surface area contributed by atoms with Crippen LogP contribution in [0.15, 0.2) is 0 Å². The van der Waals surface area contributed by atoms with Crippen molar-refractivity contribution in [1.82, 2.24) is 5.32 Å². The number of ether oxygens (including phenoxy) is 1. The van der Waals surface area contributed by atoms with Crippen LogP contribution in [0.3, 0.4) is 0 Å². The molecule has 0 radical (unpaired) electrons. The predicted octanol–water partition coefficient (Wildman–Crippen LogP) is 2.52. The Morgan fingerprint density at radius 3 is 2.70 bits per heavy atom. The number of piperidine rings is 1. The van der Waals surface area contributed by atoms with Crippen LogP contribution in [-0.4, -0.2) is 24.5 Å². The molecule has 0 aromatic rings. The number of esters is 1. The molecule has 0 bridgehead atoms. The van der Waals surface area contributed by atoms with E-state index in [1.807, 2.05) is 0 Å². The largest absolute Gasteiger partial charge is 0.461 e. The molecule has 1 aliphatic carbocycles. The second kappa shape index (κ2) is 6.59. The maximum Gasteiger partial charge on any atom is 0.318 e. The van der Waals surface area contributed by atoms with Crippen LogP contribution in [0.2, 0.25) is 0 Å². The van der Waals surface area contributed by atoms with Gasteiger partial charge in [0, 0.05) is 6.54 Å². The number of hydrogen-bond donors (Lipinski definition) is 1. The van der Waals surface area contributed by atoms with E-state index in [2.05, 4.69) is 26.1 Å². The number of nitrogens with one attached hydrogen (secondary N) is 1. The molecule has 2 aliphatic rings. The Bertz CT molecular complexity index is 367. The molecule has 1 amide bonds. The molecule has 0 spiro atoms. The molecule has 2 unspecified atom stereocenters. The molecule has 0 aromatic carbocycles. The highest BCUT2D eigenvalue weighted by atomic mass is 16.5. The van der Waals surface area contributed by atoms with Crippen LogP contribution in [0, 0.1) is 23.7 Å². The van der Waals surface area contributed by atoms with Crippen LogP contribution in [-0.2, 0) is 14.3 Å². The van der Waals surface area contributed by atoms with Crippen molar-refractivity contribution in [2.24, 2.45) is 23.7 Å². The van der Waals surface area contributed by atoms with Crippen molar-refractivity contribution in [3.05, 3.63) is 0 Å². The second-order valence-corrected chi connectivity index (χ2v) is 6.79. The fourth-order valence-electron chi connectivity index (χ4n) is 3.48. The fourth-order valence-corrected chi connectivity index (χ4v) is 3.48. The van der Waals surface area contributed by atoms with Gasteiger partial charge in [-0.25, -0.2) is 0 Å². The van der Waals surface area contributed by atoms with E-state index in [1.165, 1.54) is 6.42 Å². The Kier molecular flexibility index (Phi) is 5.06. The highest BCUT2D eigenvalue weighted by molar-refractivity contribution is 5.98. The Balaban J connectivity index is 1.98. The molecular weight excluding hydrogens is 254 g/mol. The summed E-state index contributed by atoms with van der Waals surface area (Å²) in [5.74, 6) is 0.484. The third-order valence-corrected chi connectivity index (χ3v) is 4.80. The molecule has 1 saturated carbocycles. The zero-order valence-electron chi connectivity index (χ0n) is 12.9. The minimum atomic E-state index is -0.589. The molecule has 20 heavy (non-hydrogen) atoms. The molecule has 1 N–H and O–H groups in total. The summed E-state index contributed by atoms with van der Waals surface area (Å²) in [5.41, 5.74) is 0. The zero-order valence-corrected chi connectivity index (χ0v) is 12.9. The molecule has 2 fully saturated rings. The first-order chi connectivity index (χ1) is 9.49. The number of hydrogen-bond acceptors (Lipinski definition) is 3. The summed E-state index contributed by atoms with van der Waals surface area (Å²) < 4.78 is 5.75. The molecule has 0 aromatic heterocycles. The van der Waals surface area contributed by atoms with Gasteiger partial charge in [-0.3, -0.25) is 9.59 Å². The van der Waals surface area contributed by atoms with Crippen LogP contribution in [0.4, 0.5) is 0 Å². The lowest BCUT2D eigenvalue weighted by Crippen LogP contribution is -2.44. The smallest absolute Gasteiger partial charge is 0.318 e. The standard InChI is InChI=1S/C16H27NO3/c1-10(2)12-7-6-11(3)9-14(12)20-16(19)13-5-4-8-17-15(13)18/h10-14H,4-9H2,1-3H3,(H,17,18)/t11-,12+,13?,14?/m0/s1. The van der Waals surface area contributed by atoms with Crippen LogP contribution in [0.25, 0.3) is 0 Å². The van der Waals surface area contributed by atoms with Crippen molar-refractivity contribution in [2.45, 2.75) is 59.0 Å². The third kappa shape index (κ3) is 3.53. The van der Waals surface area contributed by atoms with Crippen LogP contribution in [0.5, 0.6) is 0 Å². The van der Waals surface area contributed by atoms with Gasteiger partial charge in [-0.1, -0.05) is 27.2 Å². The Labute approximate surface area is 121 Å². The van der Waals surface area contributed by atoms with E-state index in [0.29, 0.717) is 30.7 Å². The lowest BCUT2D eigenvalue weighted by atomic mass is 9.75. The molecular formula is C16H27NO3. The summed E-state index contributed by atoms with van der Waals surface area (Å²) in [5, 5.41) is 2.75. The molecule has 4 heteroatoms. The molecule has 4 nitrogen and oxygen atoms in total. The summed E-state index contributed by atoms with van der Waals surface area (Å²) in [6.07, 6.45) is 4.73. The van der Waals surface area contributed by atoms with Gasteiger partial charge >= 0.3 is 5.97 Å². The van der Waals surface area contributed by atoms with Gasteiger partial charge in [-0.15, -0.1) is 0 Å². The summed E-state index contributed by atoms with van der Waals surface area (Å²) in [4.78, 5) is 24.0. The van der Waals surface area contributed by atoms with E-state index >= 15 is 0 Å². The number of rotatable bonds is 3. The van der Waals surface area contributed by atoms with Crippen LogP contribution in [0.1, 0.15) is 52.9 Å². The highest BCUT2D eigenvalue weighted by Gasteiger charge is 2.37. The monoisotopic (exact) mass is 281 g/mol. The number of carbonyl (C=O) groups is 2. The van der Waals surface area contributed by atoms with Crippen molar-refractivity contribution in [1.29, 1.82) is 0 Å². The topological polar surface area (TPSA) is 55.4 Å². The molecule has 1 saturated heterocycles. The first-order valence-electron chi connectivity index (χ1n) is 7.97. The first-order valence-corrected chi connectivity index (χ1v) is 7.97. The van der Waals surface area contributed by atoms with E-state index in [0.717, 1.165) is 19.3 Å². The molecule has 4 atom stereocenters. The van der Waals surface area contributed by atoms with Gasteiger partial charge in [0.2, 0.25) is 5.91 Å². The van der Waals surface area contributed by atoms with Crippen molar-refractivity contribution < 1.29 is 14.3 Å². The molecule has 2 rings (SSSR count). The summed E-state index contributed by atoms with van der Waals surface area (Å²) >= 11 is 0. The van der Waals surface area contributed by atoms with Gasteiger partial charge in [-0.05, 0) is 43.4 Å². The van der Waals surface area contributed by atoms with E-state index in [1.54, 1.807) is 0 Å². The quantitative estimate of drug-likeness (QED) is 0.639. The van der Waals surface area contributed by atoms with Gasteiger partial charge in [0.25, 0.3) is 0 Å². The van der Waals surface area contributed by atoms with Gasteiger partial charge in [0.05, 0.1) is 0 Å². The maximum atomic E-state index is 12.3. The Hall–Kier alpha value is -1.06. The highest BCUT2D eigenvalue weighted by Crippen LogP contribution is 2.35. The van der Waals surface area contributed by atoms with Gasteiger partial charge in [-0.2, -0.15) is 0 Å². The average molecular weight is 281 g/mol. The Morgan fingerprint density at radius 1 is 1.30 bits per heavy atom. The Morgan fingerprint density at radius 2 is 2.05 bits per heavy atom. The van der Waals surface area contributed by atoms with Crippen molar-refractivity contribution in [3.63, 3.8) is 0 Å². The third-order valence-electron chi connectivity index (χ3n) is 4.80. The van der Waals surface area contributed by atoms with Crippen LogP contribution < -0.4 is 5.32 Å². The van der Waals surface area contributed by atoms with Crippen molar-refractivity contribution in [2.75, 3.05) is 6.54 Å². The minimum Gasteiger partial charge on any atom is -0.461 e. The van der Waals surface area contributed by atoms with E-state index < -0.39 is 5.92 Å². The van der Waals surface area contributed by atoms with Crippen molar-refractivity contribution in [3.8, 4) is 0 Å². The van der Waals surface area contributed by atoms with Gasteiger partial charge in [0.15, 0.2) is 0 Å². The maximum absolute atomic E-state index is 12.3. The first kappa shape index (κ1) is 15.3. The molecule has 114 valence electrons. The summed E-state index contributed by atoms with van der Waals surface area (Å²) in [6, 6.07) is 0. The minimum absolute atomic E-state index is 0.0130. The van der Waals surface area contributed by atoms with E-state index in [-0.39, 0.29) is 18.0 Å². The second-order valence-electron chi connectivity index (χ2n) is 6.79. The average Bonchev–Trinajstić information content (AvgIpc) is 2.38. The SMILES string of the molecule is CC(C)[C@H]1CC[C@H](C)CC1OC(=O)C1CCCNC1=O. The normalized spacial score (nSPS) is 34.7. The zero-order chi connectivity index (χ0) is 14.7. The number of carbonyl (C=O) groups excluding carboxylic acids is 2. The van der Waals surface area contributed by atoms with Gasteiger partial charge < -0.3 is 10.1 Å². The predicted molar refractivity (Wildman–Crippen MR) is 77.0 cm³/mol.